The standard InChI is InChI=1S/C34H48N4O8/c1-10-11-21-18-34(21,30(41)44-9)37-27(39)25-17-23(45-28-24-13-12-22(43-8)16-20(24)14-15-35-28)19-38(25)29(40)26(32(2,3)4)36-31(42)46-33(5,6)7/h12-16,21,23,25-26H,10-11,17-19H2,1-9H3,(H,36,42)(H,37,39)/t21-,23-,25+,26-,34-/m1/s1. The molecular formula is C34H48N4O8. The van der Waals surface area contributed by atoms with Gasteiger partial charge in [-0.25, -0.2) is 14.6 Å². The quantitative estimate of drug-likeness (QED) is 0.362. The van der Waals surface area contributed by atoms with E-state index in [1.165, 1.54) is 12.0 Å². The lowest BCUT2D eigenvalue weighted by atomic mass is 9.85. The van der Waals surface area contributed by atoms with Crippen molar-refractivity contribution >= 4 is 34.6 Å². The number of nitrogens with one attached hydrogen (secondary N) is 2. The number of ether oxygens (including phenoxy) is 4. The molecule has 2 heterocycles. The molecule has 1 saturated heterocycles. The molecule has 1 aliphatic heterocycles. The minimum atomic E-state index is -1.13. The maximum Gasteiger partial charge on any atom is 0.408 e. The highest BCUT2D eigenvalue weighted by Gasteiger charge is 2.62. The van der Waals surface area contributed by atoms with Gasteiger partial charge in [-0.3, -0.25) is 9.59 Å². The van der Waals surface area contributed by atoms with Crippen molar-refractivity contribution in [3.05, 3.63) is 30.5 Å². The van der Waals surface area contributed by atoms with E-state index in [1.807, 2.05) is 52.0 Å². The minimum Gasteiger partial charge on any atom is -0.497 e. The number of nitrogens with zero attached hydrogens (tertiary/aromatic N) is 2. The average molecular weight is 641 g/mol. The van der Waals surface area contributed by atoms with Crippen molar-refractivity contribution in [1.29, 1.82) is 0 Å². The summed E-state index contributed by atoms with van der Waals surface area (Å²) in [7, 11) is 2.89. The maximum absolute atomic E-state index is 14.3. The van der Waals surface area contributed by atoms with Crippen molar-refractivity contribution in [2.45, 2.75) is 103 Å². The fraction of sp³-hybridized carbons (Fsp3) is 0.618. The average Bonchev–Trinajstić information content (AvgIpc) is 3.49. The number of amides is 3. The van der Waals surface area contributed by atoms with Crippen molar-refractivity contribution < 1.29 is 38.1 Å². The van der Waals surface area contributed by atoms with E-state index in [9.17, 15) is 19.2 Å². The number of rotatable bonds is 10. The van der Waals surface area contributed by atoms with E-state index in [2.05, 4.69) is 15.6 Å². The zero-order valence-corrected chi connectivity index (χ0v) is 28.4. The van der Waals surface area contributed by atoms with Crippen molar-refractivity contribution in [1.82, 2.24) is 20.5 Å². The van der Waals surface area contributed by atoms with E-state index < -0.39 is 58.6 Å². The van der Waals surface area contributed by atoms with Gasteiger partial charge in [-0.2, -0.15) is 0 Å². The lowest BCUT2D eigenvalue weighted by Crippen LogP contribution is -2.59. The summed E-state index contributed by atoms with van der Waals surface area (Å²) in [4.78, 5) is 60.0. The van der Waals surface area contributed by atoms with Crippen molar-refractivity contribution in [2.75, 3.05) is 20.8 Å². The Morgan fingerprint density at radius 3 is 2.41 bits per heavy atom. The van der Waals surface area contributed by atoms with Crippen LogP contribution < -0.4 is 20.1 Å². The normalized spacial score (nSPS) is 23.3. The Labute approximate surface area is 270 Å². The van der Waals surface area contributed by atoms with Crippen LogP contribution in [-0.2, 0) is 23.9 Å². The Hall–Kier alpha value is -4.09. The second kappa shape index (κ2) is 13.3. The molecule has 1 aromatic heterocycles. The molecule has 12 nitrogen and oxygen atoms in total. The van der Waals surface area contributed by atoms with E-state index in [0.29, 0.717) is 18.1 Å². The van der Waals surface area contributed by atoms with Crippen LogP contribution in [-0.4, -0.2) is 83.9 Å². The highest BCUT2D eigenvalue weighted by molar-refractivity contribution is 5.96. The number of carbonyl (C=O) groups is 4. The third-order valence-corrected chi connectivity index (χ3v) is 8.47. The second-order valence-electron chi connectivity index (χ2n) is 14.3. The van der Waals surface area contributed by atoms with Gasteiger partial charge >= 0.3 is 12.1 Å². The van der Waals surface area contributed by atoms with Crippen LogP contribution in [0.5, 0.6) is 11.6 Å². The van der Waals surface area contributed by atoms with Crippen LogP contribution in [0.3, 0.4) is 0 Å². The molecule has 1 saturated carbocycles. The predicted octanol–water partition coefficient (Wildman–Crippen LogP) is 4.38. The number of hydrogen-bond donors (Lipinski definition) is 2. The van der Waals surface area contributed by atoms with Crippen LogP contribution in [0.2, 0.25) is 0 Å². The molecule has 0 spiro atoms. The fourth-order valence-corrected chi connectivity index (χ4v) is 6.09. The van der Waals surface area contributed by atoms with Gasteiger partial charge in [0.1, 0.15) is 35.1 Å². The monoisotopic (exact) mass is 640 g/mol. The summed E-state index contributed by atoms with van der Waals surface area (Å²) >= 11 is 0. The van der Waals surface area contributed by atoms with E-state index in [0.717, 1.165) is 23.6 Å². The second-order valence-corrected chi connectivity index (χ2v) is 14.3. The van der Waals surface area contributed by atoms with Crippen molar-refractivity contribution in [2.24, 2.45) is 11.3 Å². The number of likely N-dealkylation sites (tertiary alicyclic amines) is 1. The molecule has 4 rings (SSSR count). The topological polar surface area (TPSA) is 145 Å². The molecule has 12 heteroatoms. The number of fused-ring (bicyclic) bond motifs is 1. The molecule has 1 aliphatic carbocycles. The first-order chi connectivity index (χ1) is 21.5. The summed E-state index contributed by atoms with van der Waals surface area (Å²) in [5.41, 5.74) is -2.65. The first kappa shape index (κ1) is 34.8. The van der Waals surface area contributed by atoms with Crippen LogP contribution in [0.4, 0.5) is 4.79 Å². The molecule has 0 bridgehead atoms. The molecule has 5 atom stereocenters. The van der Waals surface area contributed by atoms with Gasteiger partial charge in [0.15, 0.2) is 0 Å². The molecule has 1 aromatic carbocycles. The number of benzene rings is 1. The minimum absolute atomic E-state index is 0.0529. The summed E-state index contributed by atoms with van der Waals surface area (Å²) < 4.78 is 22.3. The van der Waals surface area contributed by atoms with Crippen LogP contribution in [0.1, 0.15) is 74.1 Å². The Balaban J connectivity index is 1.65. The lowest BCUT2D eigenvalue weighted by Gasteiger charge is -2.36. The molecular weight excluding hydrogens is 592 g/mol. The van der Waals surface area contributed by atoms with Gasteiger partial charge in [-0.05, 0) is 74.6 Å². The van der Waals surface area contributed by atoms with Crippen LogP contribution >= 0.6 is 0 Å². The van der Waals surface area contributed by atoms with Crippen molar-refractivity contribution in [3.8, 4) is 11.6 Å². The molecule has 0 radical (unpaired) electrons. The number of hydrogen-bond acceptors (Lipinski definition) is 9. The van der Waals surface area contributed by atoms with Crippen LogP contribution in [0.15, 0.2) is 30.5 Å². The number of esters is 1. The Morgan fingerprint density at radius 1 is 1.09 bits per heavy atom. The molecule has 252 valence electrons. The number of aromatic nitrogens is 1. The van der Waals surface area contributed by atoms with E-state index in [4.69, 9.17) is 18.9 Å². The highest BCUT2D eigenvalue weighted by atomic mass is 16.6. The van der Waals surface area contributed by atoms with E-state index in [-0.39, 0.29) is 18.9 Å². The third-order valence-electron chi connectivity index (χ3n) is 8.47. The van der Waals surface area contributed by atoms with E-state index >= 15 is 0 Å². The summed E-state index contributed by atoms with van der Waals surface area (Å²) in [5, 5.41) is 7.29. The van der Waals surface area contributed by atoms with Gasteiger partial charge in [0.2, 0.25) is 17.7 Å². The third kappa shape index (κ3) is 7.64. The van der Waals surface area contributed by atoms with Crippen molar-refractivity contribution in [3.63, 3.8) is 0 Å². The molecule has 0 unspecified atom stereocenters. The molecule has 2 fully saturated rings. The van der Waals surface area contributed by atoms with Gasteiger partial charge in [-0.15, -0.1) is 0 Å². The molecule has 46 heavy (non-hydrogen) atoms. The Kier molecular flexibility index (Phi) is 10.1. The van der Waals surface area contributed by atoms with Gasteiger partial charge in [-0.1, -0.05) is 34.1 Å². The summed E-state index contributed by atoms with van der Waals surface area (Å²) in [6.07, 6.45) is 2.48. The smallest absolute Gasteiger partial charge is 0.408 e. The Bertz CT molecular complexity index is 1470. The number of alkyl carbamates (subject to hydrolysis) is 1. The first-order valence-corrected chi connectivity index (χ1v) is 15.8. The summed E-state index contributed by atoms with van der Waals surface area (Å²) in [5.74, 6) is -0.464. The van der Waals surface area contributed by atoms with Gasteiger partial charge in [0.25, 0.3) is 0 Å². The number of methoxy groups -OCH3 is 2. The van der Waals surface area contributed by atoms with Gasteiger partial charge < -0.3 is 34.5 Å². The van der Waals surface area contributed by atoms with Crippen LogP contribution in [0, 0.1) is 11.3 Å². The zero-order chi connectivity index (χ0) is 34.0. The zero-order valence-electron chi connectivity index (χ0n) is 28.4. The Morgan fingerprint density at radius 2 is 1.80 bits per heavy atom. The fourth-order valence-electron chi connectivity index (χ4n) is 6.09. The molecule has 3 amide bonds. The molecule has 2 aliphatic rings. The lowest BCUT2D eigenvalue weighted by molar-refractivity contribution is -0.148. The SMILES string of the molecule is CCC[C@@H]1C[C@]1(NC(=O)[C@@H]1C[C@@H](Oc2nccc3cc(OC)ccc23)CN1C(=O)[C@@H](NC(=O)OC(C)(C)C)C(C)(C)C)C(=O)OC. The van der Waals surface area contributed by atoms with Gasteiger partial charge in [0.05, 0.1) is 20.8 Å². The van der Waals surface area contributed by atoms with Crippen LogP contribution in [0.25, 0.3) is 10.8 Å². The number of pyridine rings is 1. The maximum atomic E-state index is 14.3. The first-order valence-electron chi connectivity index (χ1n) is 15.8. The molecule has 2 aromatic rings. The largest absolute Gasteiger partial charge is 0.497 e. The summed E-state index contributed by atoms with van der Waals surface area (Å²) in [6, 6.07) is 5.36. The summed E-state index contributed by atoms with van der Waals surface area (Å²) in [6.45, 7) is 12.8. The molecule has 2 N–H and O–H groups in total. The van der Waals surface area contributed by atoms with E-state index in [1.54, 1.807) is 34.1 Å². The van der Waals surface area contributed by atoms with Gasteiger partial charge in [0, 0.05) is 18.0 Å². The highest BCUT2D eigenvalue weighted by Crippen LogP contribution is 2.48. The number of carbonyl (C=O) groups excluding carboxylic acids is 4. The predicted molar refractivity (Wildman–Crippen MR) is 171 cm³/mol.